The molecule has 2 aromatic rings. The summed E-state index contributed by atoms with van der Waals surface area (Å²) in [6.45, 7) is -0.180. The number of aryl methyl sites for hydroxylation is 1. The standard InChI is InChI=1S/C21H19F2N3O2/c22-17-8-9-18(23)16(14-17)7-11-20(27)26-19(21(28)25-13-12-24)10-6-15-4-2-1-3-5-15/h1-5,7-9,11,14,19H,6,10,13H2,(H,25,28)(H,26,27)/b11-7+/t19-/m0/s1. The van der Waals surface area contributed by atoms with Gasteiger partial charge in [-0.3, -0.25) is 9.59 Å². The molecule has 0 spiro atoms. The van der Waals surface area contributed by atoms with Gasteiger partial charge in [-0.2, -0.15) is 5.26 Å². The van der Waals surface area contributed by atoms with E-state index in [9.17, 15) is 18.4 Å². The van der Waals surface area contributed by atoms with Crippen LogP contribution in [0.5, 0.6) is 0 Å². The summed E-state index contributed by atoms with van der Waals surface area (Å²) in [5.74, 6) is -2.42. The van der Waals surface area contributed by atoms with Crippen molar-refractivity contribution < 1.29 is 18.4 Å². The summed E-state index contributed by atoms with van der Waals surface area (Å²) < 4.78 is 26.8. The van der Waals surface area contributed by atoms with Gasteiger partial charge in [0.15, 0.2) is 0 Å². The van der Waals surface area contributed by atoms with Crippen LogP contribution in [0.1, 0.15) is 17.5 Å². The summed E-state index contributed by atoms with van der Waals surface area (Å²) in [5, 5.41) is 13.6. The maximum absolute atomic E-state index is 13.6. The Morgan fingerprint density at radius 3 is 2.61 bits per heavy atom. The van der Waals surface area contributed by atoms with E-state index >= 15 is 0 Å². The van der Waals surface area contributed by atoms with E-state index in [1.165, 1.54) is 0 Å². The van der Waals surface area contributed by atoms with Gasteiger partial charge < -0.3 is 10.6 Å². The minimum atomic E-state index is -0.872. The number of amides is 2. The Morgan fingerprint density at radius 2 is 1.89 bits per heavy atom. The molecule has 5 nitrogen and oxygen atoms in total. The molecule has 2 N–H and O–H groups in total. The van der Waals surface area contributed by atoms with Gasteiger partial charge in [-0.25, -0.2) is 8.78 Å². The van der Waals surface area contributed by atoms with Gasteiger partial charge in [0.2, 0.25) is 11.8 Å². The van der Waals surface area contributed by atoms with Crippen molar-refractivity contribution in [2.45, 2.75) is 18.9 Å². The molecule has 1 atom stereocenters. The zero-order valence-electron chi connectivity index (χ0n) is 15.0. The molecule has 28 heavy (non-hydrogen) atoms. The lowest BCUT2D eigenvalue weighted by Gasteiger charge is -2.17. The number of carbonyl (C=O) groups is 2. The largest absolute Gasteiger partial charge is 0.341 e. The van der Waals surface area contributed by atoms with Crippen LogP contribution in [-0.2, 0) is 16.0 Å². The summed E-state index contributed by atoms with van der Waals surface area (Å²) in [6.07, 6.45) is 3.02. The van der Waals surface area contributed by atoms with Crippen molar-refractivity contribution in [1.82, 2.24) is 10.6 Å². The fraction of sp³-hybridized carbons (Fsp3) is 0.190. The Bertz CT molecular complexity index is 892. The molecule has 0 aliphatic carbocycles. The summed E-state index contributed by atoms with van der Waals surface area (Å²) in [4.78, 5) is 24.4. The van der Waals surface area contributed by atoms with Crippen LogP contribution in [0.4, 0.5) is 8.78 Å². The number of hydrogen-bond acceptors (Lipinski definition) is 3. The third-order valence-corrected chi connectivity index (χ3v) is 3.91. The van der Waals surface area contributed by atoms with Crippen LogP contribution in [0.3, 0.4) is 0 Å². The molecule has 0 aliphatic heterocycles. The maximum atomic E-state index is 13.6. The van der Waals surface area contributed by atoms with Crippen molar-refractivity contribution in [3.05, 3.63) is 77.4 Å². The lowest BCUT2D eigenvalue weighted by Crippen LogP contribution is -2.46. The van der Waals surface area contributed by atoms with Gasteiger partial charge in [0, 0.05) is 11.6 Å². The van der Waals surface area contributed by atoms with Crippen molar-refractivity contribution in [1.29, 1.82) is 5.26 Å². The van der Waals surface area contributed by atoms with Crippen molar-refractivity contribution >= 4 is 17.9 Å². The second-order valence-corrected chi connectivity index (χ2v) is 5.96. The molecule has 0 fully saturated rings. The van der Waals surface area contributed by atoms with Crippen molar-refractivity contribution in [3.63, 3.8) is 0 Å². The lowest BCUT2D eigenvalue weighted by atomic mass is 10.0. The third kappa shape index (κ3) is 6.65. The highest BCUT2D eigenvalue weighted by molar-refractivity contribution is 5.95. The smallest absolute Gasteiger partial charge is 0.244 e. The molecule has 0 radical (unpaired) electrons. The van der Waals surface area contributed by atoms with Crippen LogP contribution in [0.25, 0.3) is 6.08 Å². The van der Waals surface area contributed by atoms with E-state index in [-0.39, 0.29) is 12.1 Å². The number of nitrogens with one attached hydrogen (secondary N) is 2. The molecule has 0 unspecified atom stereocenters. The Kier molecular flexibility index (Phi) is 7.85. The molecule has 2 amide bonds. The van der Waals surface area contributed by atoms with E-state index in [2.05, 4.69) is 10.6 Å². The van der Waals surface area contributed by atoms with Crippen molar-refractivity contribution in [3.8, 4) is 6.07 Å². The molecular weight excluding hydrogens is 364 g/mol. The Morgan fingerprint density at radius 1 is 1.14 bits per heavy atom. The van der Waals surface area contributed by atoms with E-state index < -0.39 is 29.5 Å². The van der Waals surface area contributed by atoms with Gasteiger partial charge in [-0.05, 0) is 42.7 Å². The highest BCUT2D eigenvalue weighted by Crippen LogP contribution is 2.11. The molecule has 144 valence electrons. The molecule has 0 saturated carbocycles. The van der Waals surface area contributed by atoms with Gasteiger partial charge in [0.25, 0.3) is 0 Å². The maximum Gasteiger partial charge on any atom is 0.244 e. The number of nitriles is 1. The van der Waals surface area contributed by atoms with Crippen LogP contribution < -0.4 is 10.6 Å². The minimum Gasteiger partial charge on any atom is -0.341 e. The van der Waals surface area contributed by atoms with Crippen molar-refractivity contribution in [2.75, 3.05) is 6.54 Å². The van der Waals surface area contributed by atoms with Crippen LogP contribution >= 0.6 is 0 Å². The summed E-state index contributed by atoms with van der Waals surface area (Å²) in [7, 11) is 0. The minimum absolute atomic E-state index is 0.0788. The van der Waals surface area contributed by atoms with Crippen LogP contribution in [0.2, 0.25) is 0 Å². The Labute approximate surface area is 161 Å². The van der Waals surface area contributed by atoms with Gasteiger partial charge in [0.1, 0.15) is 24.2 Å². The average molecular weight is 383 g/mol. The second kappa shape index (κ2) is 10.6. The first-order chi connectivity index (χ1) is 13.5. The molecule has 0 bridgehead atoms. The lowest BCUT2D eigenvalue weighted by molar-refractivity contribution is -0.127. The van der Waals surface area contributed by atoms with Crippen LogP contribution in [-0.4, -0.2) is 24.4 Å². The van der Waals surface area contributed by atoms with E-state index in [4.69, 9.17) is 5.26 Å². The fourth-order valence-electron chi connectivity index (χ4n) is 2.50. The summed E-state index contributed by atoms with van der Waals surface area (Å²) in [5.41, 5.74) is 0.914. The normalized spacial score (nSPS) is 11.6. The number of carbonyl (C=O) groups excluding carboxylic acids is 2. The summed E-state index contributed by atoms with van der Waals surface area (Å²) >= 11 is 0. The Hall–Kier alpha value is -3.53. The van der Waals surface area contributed by atoms with Gasteiger partial charge in [0.05, 0.1) is 6.07 Å². The highest BCUT2D eigenvalue weighted by Gasteiger charge is 2.19. The second-order valence-electron chi connectivity index (χ2n) is 5.96. The first-order valence-corrected chi connectivity index (χ1v) is 8.62. The first-order valence-electron chi connectivity index (χ1n) is 8.62. The van der Waals surface area contributed by atoms with Gasteiger partial charge in [-0.1, -0.05) is 30.3 Å². The van der Waals surface area contributed by atoms with Gasteiger partial charge >= 0.3 is 0 Å². The SMILES string of the molecule is N#CCNC(=O)[C@H](CCc1ccccc1)NC(=O)/C=C/c1cc(F)ccc1F. The number of benzene rings is 2. The first kappa shape index (κ1) is 20.8. The highest BCUT2D eigenvalue weighted by atomic mass is 19.1. The van der Waals surface area contributed by atoms with Crippen LogP contribution in [0.15, 0.2) is 54.6 Å². The van der Waals surface area contributed by atoms with E-state index in [0.29, 0.717) is 12.8 Å². The topological polar surface area (TPSA) is 82.0 Å². The summed E-state index contributed by atoms with van der Waals surface area (Å²) in [6, 6.07) is 13.3. The third-order valence-electron chi connectivity index (χ3n) is 3.91. The number of rotatable bonds is 8. The molecule has 0 aromatic heterocycles. The van der Waals surface area contributed by atoms with E-state index in [1.807, 2.05) is 30.3 Å². The predicted octanol–water partition coefficient (Wildman–Crippen LogP) is 2.74. The van der Waals surface area contributed by atoms with E-state index in [0.717, 1.165) is 35.9 Å². The number of nitrogens with zero attached hydrogens (tertiary/aromatic N) is 1. The zero-order chi connectivity index (χ0) is 20.4. The number of hydrogen-bond donors (Lipinski definition) is 2. The molecule has 7 heteroatoms. The van der Waals surface area contributed by atoms with Crippen LogP contribution in [0, 0.1) is 23.0 Å². The molecule has 2 rings (SSSR count). The number of halogens is 2. The molecule has 2 aromatic carbocycles. The molecule has 0 aliphatic rings. The fourth-order valence-corrected chi connectivity index (χ4v) is 2.50. The van der Waals surface area contributed by atoms with E-state index in [1.54, 1.807) is 6.07 Å². The average Bonchev–Trinajstić information content (AvgIpc) is 2.70. The predicted molar refractivity (Wildman–Crippen MR) is 101 cm³/mol. The molecule has 0 saturated heterocycles. The zero-order valence-corrected chi connectivity index (χ0v) is 15.0. The molecule has 0 heterocycles. The van der Waals surface area contributed by atoms with Crippen molar-refractivity contribution in [2.24, 2.45) is 0 Å². The van der Waals surface area contributed by atoms with Gasteiger partial charge in [-0.15, -0.1) is 0 Å². The monoisotopic (exact) mass is 383 g/mol. The quantitative estimate of drug-likeness (QED) is 0.543. The molecular formula is C21H19F2N3O2. The Balaban J connectivity index is 2.04.